The second-order valence-corrected chi connectivity index (χ2v) is 7.98. The molecule has 3 rings (SSSR count). The molecular formula is C21H26N4O3S. The van der Waals surface area contributed by atoms with Gasteiger partial charge in [0.05, 0.1) is 24.0 Å². The lowest BCUT2D eigenvalue weighted by atomic mass is 10.1. The van der Waals surface area contributed by atoms with E-state index in [1.54, 1.807) is 12.0 Å². The first kappa shape index (κ1) is 21.0. The number of thiophene rings is 1. The number of methoxy groups -OCH3 is 1. The molecule has 2 N–H and O–H groups in total. The first-order valence-corrected chi connectivity index (χ1v) is 10.3. The molecule has 3 aromatic rings. The van der Waals surface area contributed by atoms with E-state index in [1.165, 1.54) is 17.7 Å². The van der Waals surface area contributed by atoms with Crippen molar-refractivity contribution < 1.29 is 14.6 Å². The number of carbonyl (C=O) groups excluding carboxylic acids is 1. The monoisotopic (exact) mass is 414 g/mol. The Kier molecular flexibility index (Phi) is 6.66. The topological polar surface area (TPSA) is 87.6 Å². The van der Waals surface area contributed by atoms with Gasteiger partial charge in [-0.05, 0) is 44.0 Å². The molecule has 0 fully saturated rings. The van der Waals surface area contributed by atoms with E-state index >= 15 is 0 Å². The van der Waals surface area contributed by atoms with Crippen molar-refractivity contribution >= 4 is 33.3 Å². The summed E-state index contributed by atoms with van der Waals surface area (Å²) in [5.74, 6) is 1.41. The zero-order valence-corrected chi connectivity index (χ0v) is 17.9. The first-order valence-electron chi connectivity index (χ1n) is 9.49. The van der Waals surface area contributed by atoms with Crippen LogP contribution >= 0.6 is 11.3 Å². The van der Waals surface area contributed by atoms with E-state index < -0.39 is 0 Å². The lowest BCUT2D eigenvalue weighted by Gasteiger charge is -2.25. The van der Waals surface area contributed by atoms with Crippen molar-refractivity contribution in [3.63, 3.8) is 0 Å². The number of nitrogens with zero attached hydrogens (tertiary/aromatic N) is 3. The van der Waals surface area contributed by atoms with Crippen LogP contribution in [0, 0.1) is 6.92 Å². The number of benzene rings is 1. The molecule has 0 saturated heterocycles. The summed E-state index contributed by atoms with van der Waals surface area (Å²) in [4.78, 5) is 24.9. The number of rotatable bonds is 8. The van der Waals surface area contributed by atoms with Gasteiger partial charge in [-0.1, -0.05) is 12.1 Å². The predicted molar refractivity (Wildman–Crippen MR) is 116 cm³/mol. The van der Waals surface area contributed by atoms with Crippen LogP contribution in [-0.2, 0) is 6.54 Å². The van der Waals surface area contributed by atoms with E-state index in [1.807, 2.05) is 45.0 Å². The second kappa shape index (κ2) is 9.19. The Morgan fingerprint density at radius 2 is 2.14 bits per heavy atom. The Labute approximate surface area is 174 Å². The molecule has 0 unspecified atom stereocenters. The van der Waals surface area contributed by atoms with E-state index in [0.717, 1.165) is 27.1 Å². The summed E-state index contributed by atoms with van der Waals surface area (Å²) < 4.78 is 5.28. The van der Waals surface area contributed by atoms with Gasteiger partial charge in [0.1, 0.15) is 22.7 Å². The second-order valence-electron chi connectivity index (χ2n) is 6.98. The normalized spacial score (nSPS) is 11.1. The summed E-state index contributed by atoms with van der Waals surface area (Å²) in [6.45, 7) is 6.61. The Morgan fingerprint density at radius 1 is 1.34 bits per heavy atom. The smallest absolute Gasteiger partial charge is 0.264 e. The fourth-order valence-electron chi connectivity index (χ4n) is 3.21. The van der Waals surface area contributed by atoms with Gasteiger partial charge in [-0.15, -0.1) is 11.3 Å². The maximum Gasteiger partial charge on any atom is 0.264 e. The molecule has 0 saturated carbocycles. The molecular weight excluding hydrogens is 388 g/mol. The number of aromatic nitrogens is 2. The van der Waals surface area contributed by atoms with E-state index in [-0.39, 0.29) is 18.6 Å². The van der Waals surface area contributed by atoms with E-state index in [9.17, 15) is 9.90 Å². The number of anilines is 1. The maximum absolute atomic E-state index is 13.1. The summed E-state index contributed by atoms with van der Waals surface area (Å²) in [5, 5.41) is 13.5. The number of aliphatic hydroxyl groups is 1. The van der Waals surface area contributed by atoms with Crippen LogP contribution in [-0.4, -0.2) is 52.2 Å². The SMILES string of the molecule is COc1cccc(CNc2ncnc3sc(C(=O)N(CCO)C(C)C)c(C)c23)c1. The molecule has 8 heteroatoms. The van der Waals surface area contributed by atoms with E-state index in [4.69, 9.17) is 4.74 Å². The summed E-state index contributed by atoms with van der Waals surface area (Å²) in [5.41, 5.74) is 1.92. The van der Waals surface area contributed by atoms with Crippen molar-refractivity contribution in [3.05, 3.63) is 46.6 Å². The third kappa shape index (κ3) is 4.49. The number of carbonyl (C=O) groups is 1. The van der Waals surface area contributed by atoms with Gasteiger partial charge >= 0.3 is 0 Å². The van der Waals surface area contributed by atoms with Crippen LogP contribution in [0.5, 0.6) is 5.75 Å². The van der Waals surface area contributed by atoms with Crippen molar-refractivity contribution in [1.82, 2.24) is 14.9 Å². The van der Waals surface area contributed by atoms with E-state index in [2.05, 4.69) is 15.3 Å². The van der Waals surface area contributed by atoms with Crippen LogP contribution < -0.4 is 10.1 Å². The van der Waals surface area contributed by atoms with Crippen LogP contribution in [0.3, 0.4) is 0 Å². The molecule has 0 aliphatic heterocycles. The van der Waals surface area contributed by atoms with Crippen molar-refractivity contribution in [2.75, 3.05) is 25.6 Å². The van der Waals surface area contributed by atoms with Crippen LogP contribution in [0.4, 0.5) is 5.82 Å². The molecule has 1 amide bonds. The number of hydrogen-bond acceptors (Lipinski definition) is 7. The molecule has 29 heavy (non-hydrogen) atoms. The molecule has 1 aromatic carbocycles. The summed E-state index contributed by atoms with van der Waals surface area (Å²) in [6, 6.07) is 7.82. The van der Waals surface area contributed by atoms with E-state index in [0.29, 0.717) is 23.8 Å². The minimum atomic E-state index is -0.0895. The Hall–Kier alpha value is -2.71. The Bertz CT molecular complexity index is 1000. The minimum absolute atomic E-state index is 0.00370. The molecule has 2 heterocycles. The third-order valence-corrected chi connectivity index (χ3v) is 5.93. The van der Waals surface area contributed by atoms with Gasteiger partial charge in [0, 0.05) is 19.1 Å². The summed E-state index contributed by atoms with van der Waals surface area (Å²) >= 11 is 1.36. The highest BCUT2D eigenvalue weighted by Gasteiger charge is 2.25. The number of ether oxygens (including phenoxy) is 1. The van der Waals surface area contributed by atoms with Gasteiger partial charge in [0.2, 0.25) is 0 Å². The Balaban J connectivity index is 1.91. The zero-order valence-electron chi connectivity index (χ0n) is 17.1. The zero-order chi connectivity index (χ0) is 21.0. The minimum Gasteiger partial charge on any atom is -0.497 e. The fourth-order valence-corrected chi connectivity index (χ4v) is 4.32. The van der Waals surface area contributed by atoms with Crippen LogP contribution in [0.15, 0.2) is 30.6 Å². The lowest BCUT2D eigenvalue weighted by Crippen LogP contribution is -2.38. The maximum atomic E-state index is 13.1. The van der Waals surface area contributed by atoms with Crippen LogP contribution in [0.1, 0.15) is 34.6 Å². The van der Waals surface area contributed by atoms with Crippen molar-refractivity contribution in [1.29, 1.82) is 0 Å². The molecule has 0 spiro atoms. The molecule has 154 valence electrons. The lowest BCUT2D eigenvalue weighted by molar-refractivity contribution is 0.0670. The number of aryl methyl sites for hydroxylation is 1. The number of aliphatic hydroxyl groups excluding tert-OH is 1. The molecule has 7 nitrogen and oxygen atoms in total. The predicted octanol–water partition coefficient (Wildman–Crippen LogP) is 3.46. The average Bonchev–Trinajstić information content (AvgIpc) is 3.07. The van der Waals surface area contributed by atoms with Gasteiger partial charge < -0.3 is 20.1 Å². The molecule has 0 atom stereocenters. The molecule has 0 bridgehead atoms. The van der Waals surface area contributed by atoms with Gasteiger partial charge in [0.15, 0.2) is 0 Å². The standard InChI is InChI=1S/C21H26N4O3S/c1-13(2)25(8-9-26)21(27)18-14(3)17-19(23-12-24-20(17)29-18)22-11-15-6-5-7-16(10-15)28-4/h5-7,10,12-13,26H,8-9,11H2,1-4H3,(H,22,23,24). The summed E-state index contributed by atoms with van der Waals surface area (Å²) in [6.07, 6.45) is 1.51. The van der Waals surface area contributed by atoms with Crippen molar-refractivity contribution in [2.45, 2.75) is 33.4 Å². The molecule has 0 aliphatic rings. The number of fused-ring (bicyclic) bond motifs is 1. The highest BCUT2D eigenvalue weighted by Crippen LogP contribution is 2.34. The van der Waals surface area contributed by atoms with Gasteiger partial charge in [-0.25, -0.2) is 9.97 Å². The van der Waals surface area contributed by atoms with Gasteiger partial charge in [0.25, 0.3) is 5.91 Å². The average molecular weight is 415 g/mol. The number of nitrogens with one attached hydrogen (secondary N) is 1. The highest BCUT2D eigenvalue weighted by molar-refractivity contribution is 7.20. The van der Waals surface area contributed by atoms with Crippen molar-refractivity contribution in [3.8, 4) is 5.75 Å². The number of hydrogen-bond donors (Lipinski definition) is 2. The molecule has 0 radical (unpaired) electrons. The third-order valence-electron chi connectivity index (χ3n) is 4.74. The van der Waals surface area contributed by atoms with Gasteiger partial charge in [-0.2, -0.15) is 0 Å². The van der Waals surface area contributed by atoms with Crippen molar-refractivity contribution in [2.24, 2.45) is 0 Å². The largest absolute Gasteiger partial charge is 0.497 e. The summed E-state index contributed by atoms with van der Waals surface area (Å²) in [7, 11) is 1.64. The molecule has 0 aliphatic carbocycles. The van der Waals surface area contributed by atoms with Crippen LogP contribution in [0.25, 0.3) is 10.2 Å². The van der Waals surface area contributed by atoms with Gasteiger partial charge in [-0.3, -0.25) is 4.79 Å². The quantitative estimate of drug-likeness (QED) is 0.587. The highest BCUT2D eigenvalue weighted by atomic mass is 32.1. The first-order chi connectivity index (χ1) is 14.0. The van der Waals surface area contributed by atoms with Crippen LogP contribution in [0.2, 0.25) is 0 Å². The molecule has 2 aromatic heterocycles. The Morgan fingerprint density at radius 3 is 2.83 bits per heavy atom. The fraction of sp³-hybridized carbons (Fsp3) is 0.381. The number of amides is 1.